The summed E-state index contributed by atoms with van der Waals surface area (Å²) in [5.41, 5.74) is 1.62. The van der Waals surface area contributed by atoms with Gasteiger partial charge < -0.3 is 10.6 Å². The number of aromatic nitrogens is 1. The molecule has 2 heterocycles. The maximum absolute atomic E-state index is 13.3. The van der Waals surface area contributed by atoms with Crippen molar-refractivity contribution in [2.24, 2.45) is 0 Å². The minimum absolute atomic E-state index is 0.213. The zero-order chi connectivity index (χ0) is 21.4. The smallest absolute Gasteiger partial charge is 0.295 e. The molecule has 2 N–H and O–H groups in total. The second-order valence-electron chi connectivity index (χ2n) is 7.12. The normalized spacial score (nSPS) is 19.7. The van der Waals surface area contributed by atoms with Crippen LogP contribution in [0.1, 0.15) is 22.8 Å². The fraction of sp³-hybridized carbons (Fsp3) is 0.190. The van der Waals surface area contributed by atoms with Crippen molar-refractivity contribution in [1.29, 1.82) is 0 Å². The van der Waals surface area contributed by atoms with E-state index in [1.165, 1.54) is 17.7 Å². The molecule has 0 fully saturated rings. The Hall–Kier alpha value is -4.01. The van der Waals surface area contributed by atoms with E-state index in [-0.39, 0.29) is 17.7 Å². The quantitative estimate of drug-likeness (QED) is 0.472. The average Bonchev–Trinajstić information content (AvgIpc) is 3.09. The van der Waals surface area contributed by atoms with Gasteiger partial charge in [-0.3, -0.25) is 29.1 Å². The number of nitrogens with one attached hydrogen (secondary N) is 2. The second kappa shape index (κ2) is 7.43. The molecule has 3 aromatic rings. The van der Waals surface area contributed by atoms with Crippen molar-refractivity contribution in [3.8, 4) is 0 Å². The van der Waals surface area contributed by atoms with Gasteiger partial charge in [-0.05, 0) is 30.7 Å². The molecule has 0 saturated heterocycles. The number of fused-ring (bicyclic) bond motifs is 6. The van der Waals surface area contributed by atoms with Crippen LogP contribution in [0.25, 0.3) is 10.9 Å². The van der Waals surface area contributed by atoms with Gasteiger partial charge in [0.1, 0.15) is 6.04 Å². The molecule has 152 valence electrons. The lowest BCUT2D eigenvalue weighted by Gasteiger charge is -2.17. The van der Waals surface area contributed by atoms with Gasteiger partial charge >= 0.3 is 0 Å². The molecule has 2 atom stereocenters. The number of para-hydroxylation sites is 2. The number of nitrogens with zero attached hydrogens (tertiary/aromatic N) is 2. The third-order valence-corrected chi connectivity index (χ3v) is 5.15. The highest BCUT2D eigenvalue weighted by Crippen LogP contribution is 2.26. The maximum Gasteiger partial charge on any atom is 0.295 e. The molecule has 2 aromatic carbocycles. The first kappa shape index (κ1) is 19.3. The number of anilines is 1. The van der Waals surface area contributed by atoms with Gasteiger partial charge in [-0.25, -0.2) is 0 Å². The summed E-state index contributed by atoms with van der Waals surface area (Å²) in [5, 5.41) is 17.3. The Balaban J connectivity index is 1.94. The minimum atomic E-state index is -1.60. The van der Waals surface area contributed by atoms with Crippen LogP contribution in [0.4, 0.5) is 5.69 Å². The summed E-state index contributed by atoms with van der Waals surface area (Å²) in [7, 11) is 0. The van der Waals surface area contributed by atoms with E-state index >= 15 is 0 Å². The topological polar surface area (TPSA) is 123 Å². The number of carbonyl (C=O) groups excluding carboxylic acids is 3. The molecule has 0 aliphatic carbocycles. The molecule has 0 radical (unpaired) electrons. The monoisotopic (exact) mass is 406 g/mol. The summed E-state index contributed by atoms with van der Waals surface area (Å²) in [6.07, 6.45) is 1.31. The molecule has 0 spiro atoms. The maximum atomic E-state index is 13.3. The van der Waals surface area contributed by atoms with Crippen molar-refractivity contribution in [3.63, 3.8) is 0 Å². The average molecular weight is 406 g/mol. The Bertz CT molecular complexity index is 1200. The van der Waals surface area contributed by atoms with Crippen LogP contribution >= 0.6 is 0 Å². The first-order valence-corrected chi connectivity index (χ1v) is 9.34. The number of benzene rings is 2. The van der Waals surface area contributed by atoms with E-state index in [2.05, 4.69) is 10.6 Å². The standard InChI is InChI=1S/C21H18N4O5/c1-12-19(26)23-16-8-4-2-7-15(16)21(28)24-11-13(14-6-3-5-9-17(14)24)10-18(25(29)30)20(27)22-12/h2-9,11-12,18H,10H2,1H3,(H,22,27)(H,23,26)/t12-,18-/m0/s1. The summed E-state index contributed by atoms with van der Waals surface area (Å²) in [4.78, 5) is 49.4. The molecule has 30 heavy (non-hydrogen) atoms. The lowest BCUT2D eigenvalue weighted by atomic mass is 10.0. The summed E-state index contributed by atoms with van der Waals surface area (Å²) >= 11 is 0. The number of nitro groups is 1. The van der Waals surface area contributed by atoms with E-state index in [1.807, 2.05) is 0 Å². The predicted molar refractivity (Wildman–Crippen MR) is 109 cm³/mol. The first-order chi connectivity index (χ1) is 14.4. The number of hydrogen-bond acceptors (Lipinski definition) is 5. The first-order valence-electron chi connectivity index (χ1n) is 9.34. The van der Waals surface area contributed by atoms with Crippen molar-refractivity contribution in [2.45, 2.75) is 25.4 Å². The molecule has 1 aromatic heterocycles. The molecule has 9 heteroatoms. The van der Waals surface area contributed by atoms with E-state index in [0.717, 1.165) is 0 Å². The van der Waals surface area contributed by atoms with Crippen LogP contribution in [0, 0.1) is 10.1 Å². The van der Waals surface area contributed by atoms with Gasteiger partial charge in [-0.2, -0.15) is 0 Å². The highest BCUT2D eigenvalue weighted by molar-refractivity contribution is 6.09. The van der Waals surface area contributed by atoms with Crippen LogP contribution in [-0.2, 0) is 16.0 Å². The Labute approximate surface area is 170 Å². The Morgan fingerprint density at radius 2 is 1.73 bits per heavy atom. The highest BCUT2D eigenvalue weighted by Gasteiger charge is 2.34. The number of rotatable bonds is 1. The van der Waals surface area contributed by atoms with E-state index in [4.69, 9.17) is 0 Å². The summed E-state index contributed by atoms with van der Waals surface area (Å²) < 4.78 is 1.39. The second-order valence-corrected chi connectivity index (χ2v) is 7.12. The van der Waals surface area contributed by atoms with Crippen LogP contribution in [-0.4, -0.2) is 39.3 Å². The van der Waals surface area contributed by atoms with Gasteiger partial charge in [0, 0.05) is 16.5 Å². The van der Waals surface area contributed by atoms with Gasteiger partial charge in [0.2, 0.25) is 5.91 Å². The Morgan fingerprint density at radius 3 is 2.50 bits per heavy atom. The SMILES string of the molecule is C[C@@H]1NC(=O)[C@@H]([N+](=O)[O-])Cc2cn(c3ccccc23)C(=O)c2ccccc2NC1=O. The molecular weight excluding hydrogens is 388 g/mol. The van der Waals surface area contributed by atoms with Crippen LogP contribution in [0.3, 0.4) is 0 Å². The van der Waals surface area contributed by atoms with Crippen LogP contribution in [0.2, 0.25) is 0 Å². The fourth-order valence-electron chi connectivity index (χ4n) is 3.58. The lowest BCUT2D eigenvalue weighted by molar-refractivity contribution is -0.507. The van der Waals surface area contributed by atoms with Crippen molar-refractivity contribution in [1.82, 2.24) is 9.88 Å². The molecule has 2 amide bonds. The zero-order valence-electron chi connectivity index (χ0n) is 16.0. The predicted octanol–water partition coefficient (Wildman–Crippen LogP) is 1.97. The van der Waals surface area contributed by atoms with Crippen molar-refractivity contribution in [3.05, 3.63) is 76.0 Å². The van der Waals surface area contributed by atoms with Crippen molar-refractivity contribution >= 4 is 34.3 Å². The summed E-state index contributed by atoms with van der Waals surface area (Å²) in [6.45, 7) is 1.43. The van der Waals surface area contributed by atoms with Gasteiger partial charge in [0.15, 0.2) is 0 Å². The number of hydrogen-bond donors (Lipinski definition) is 2. The molecule has 9 nitrogen and oxygen atoms in total. The summed E-state index contributed by atoms with van der Waals surface area (Å²) in [5.74, 6) is -1.84. The van der Waals surface area contributed by atoms with Gasteiger partial charge in [-0.1, -0.05) is 30.3 Å². The molecule has 1 aliphatic heterocycles. The van der Waals surface area contributed by atoms with Crippen molar-refractivity contribution < 1.29 is 19.3 Å². The van der Waals surface area contributed by atoms with Gasteiger partial charge in [0.05, 0.1) is 23.2 Å². The molecule has 4 rings (SSSR count). The highest BCUT2D eigenvalue weighted by atomic mass is 16.6. The largest absolute Gasteiger partial charge is 0.339 e. The van der Waals surface area contributed by atoms with E-state index in [9.17, 15) is 24.5 Å². The lowest BCUT2D eigenvalue weighted by Crippen LogP contribution is -2.48. The van der Waals surface area contributed by atoms with Crippen LogP contribution in [0.5, 0.6) is 0 Å². The minimum Gasteiger partial charge on any atom is -0.339 e. The van der Waals surface area contributed by atoms with Crippen LogP contribution < -0.4 is 10.6 Å². The zero-order valence-corrected chi connectivity index (χ0v) is 16.0. The number of amides is 2. The van der Waals surface area contributed by atoms with Crippen LogP contribution in [0.15, 0.2) is 54.7 Å². The summed E-state index contributed by atoms with van der Waals surface area (Å²) in [6, 6.07) is 10.9. The van der Waals surface area contributed by atoms with Crippen molar-refractivity contribution in [2.75, 3.05) is 5.32 Å². The van der Waals surface area contributed by atoms with Gasteiger partial charge in [-0.15, -0.1) is 0 Å². The Morgan fingerprint density at radius 1 is 1.03 bits per heavy atom. The van der Waals surface area contributed by atoms with E-state index < -0.39 is 34.7 Å². The van der Waals surface area contributed by atoms with E-state index in [0.29, 0.717) is 16.5 Å². The molecular formula is C21H18N4O5. The molecule has 0 saturated carbocycles. The van der Waals surface area contributed by atoms with Gasteiger partial charge in [0.25, 0.3) is 17.9 Å². The fourth-order valence-corrected chi connectivity index (χ4v) is 3.58. The Kier molecular flexibility index (Phi) is 4.78. The third-order valence-electron chi connectivity index (χ3n) is 5.15. The molecule has 0 unspecified atom stereocenters. The molecule has 1 aliphatic rings. The molecule has 2 bridgehead atoms. The third kappa shape index (κ3) is 3.30. The van der Waals surface area contributed by atoms with E-state index in [1.54, 1.807) is 48.5 Å². The number of carbonyl (C=O) groups is 3.